The van der Waals surface area contributed by atoms with Gasteiger partial charge in [-0.2, -0.15) is 0 Å². The fourth-order valence-electron chi connectivity index (χ4n) is 3.07. The van der Waals surface area contributed by atoms with Crippen LogP contribution in [0.5, 0.6) is 0 Å². The number of hydrogen-bond acceptors (Lipinski definition) is 4. The summed E-state index contributed by atoms with van der Waals surface area (Å²) in [5.41, 5.74) is 2.97. The van der Waals surface area contributed by atoms with Crippen LogP contribution in [-0.4, -0.2) is 21.9 Å². The first kappa shape index (κ1) is 20.3. The Morgan fingerprint density at radius 3 is 2.50 bits per heavy atom. The van der Waals surface area contributed by atoms with Crippen LogP contribution in [0.2, 0.25) is 5.02 Å². The third-order valence-electron chi connectivity index (χ3n) is 4.65. The van der Waals surface area contributed by atoms with Crippen molar-refractivity contribution in [1.82, 2.24) is 10.2 Å². The molecule has 1 N–H and O–H groups in total. The molecule has 0 fully saturated rings. The molecule has 0 spiro atoms. The van der Waals surface area contributed by atoms with Gasteiger partial charge in [0.1, 0.15) is 16.5 Å². The number of rotatable bonds is 5. The van der Waals surface area contributed by atoms with E-state index < -0.39 is 0 Å². The van der Waals surface area contributed by atoms with Crippen molar-refractivity contribution in [3.05, 3.63) is 83.1 Å². The summed E-state index contributed by atoms with van der Waals surface area (Å²) in [6.45, 7) is 1.86. The number of halogens is 2. The van der Waals surface area contributed by atoms with Crippen molar-refractivity contribution in [2.45, 2.75) is 11.9 Å². The first-order valence-electron chi connectivity index (χ1n) is 9.22. The first-order chi connectivity index (χ1) is 14.5. The van der Waals surface area contributed by atoms with E-state index in [2.05, 4.69) is 15.5 Å². The summed E-state index contributed by atoms with van der Waals surface area (Å²) < 4.78 is 13.3. The Morgan fingerprint density at radius 1 is 1.00 bits per heavy atom. The Balaban J connectivity index is 1.56. The maximum Gasteiger partial charge on any atom is 0.234 e. The number of fused-ring (bicyclic) bond motifs is 1. The summed E-state index contributed by atoms with van der Waals surface area (Å²) in [5, 5.41) is 14.6. The van der Waals surface area contributed by atoms with E-state index in [1.54, 1.807) is 24.3 Å². The highest BCUT2D eigenvalue weighted by Gasteiger charge is 2.13. The van der Waals surface area contributed by atoms with Crippen molar-refractivity contribution in [1.29, 1.82) is 0 Å². The van der Waals surface area contributed by atoms with Crippen LogP contribution in [0.1, 0.15) is 5.56 Å². The lowest BCUT2D eigenvalue weighted by atomic mass is 10.1. The van der Waals surface area contributed by atoms with Gasteiger partial charge in [-0.25, -0.2) is 4.39 Å². The number of benzene rings is 3. The second kappa shape index (κ2) is 8.81. The number of nitrogens with zero attached hydrogens (tertiary/aromatic N) is 2. The van der Waals surface area contributed by atoms with Crippen LogP contribution in [0.25, 0.3) is 22.0 Å². The van der Waals surface area contributed by atoms with E-state index in [4.69, 9.17) is 11.6 Å². The molecule has 0 bridgehead atoms. The van der Waals surface area contributed by atoms with Crippen LogP contribution < -0.4 is 5.32 Å². The molecule has 0 radical (unpaired) electrons. The molecule has 1 amide bonds. The topological polar surface area (TPSA) is 54.9 Å². The molecule has 4 nitrogen and oxygen atoms in total. The Hall–Kier alpha value is -2.96. The number of aromatic nitrogens is 2. The zero-order chi connectivity index (χ0) is 21.1. The predicted molar refractivity (Wildman–Crippen MR) is 120 cm³/mol. The van der Waals surface area contributed by atoms with Gasteiger partial charge in [-0.1, -0.05) is 53.7 Å². The standard InChI is InChI=1S/C23H17ClFN3OS/c1-14-19(24)7-4-8-20(14)26-21(29)13-30-23-18-6-3-2-5-17(18)22(27-28-23)15-9-11-16(25)12-10-15/h2-12H,13H2,1H3,(H,26,29). The molecule has 7 heteroatoms. The molecule has 150 valence electrons. The molecule has 3 aromatic carbocycles. The van der Waals surface area contributed by atoms with Gasteiger partial charge in [0.25, 0.3) is 0 Å². The van der Waals surface area contributed by atoms with Crippen molar-refractivity contribution in [2.75, 3.05) is 11.1 Å². The number of nitrogens with one attached hydrogen (secondary N) is 1. The molecule has 0 atom stereocenters. The van der Waals surface area contributed by atoms with E-state index in [1.165, 1.54) is 23.9 Å². The quantitative estimate of drug-likeness (QED) is 0.381. The van der Waals surface area contributed by atoms with Crippen molar-refractivity contribution < 1.29 is 9.18 Å². The third kappa shape index (κ3) is 4.30. The van der Waals surface area contributed by atoms with Crippen LogP contribution in [-0.2, 0) is 4.79 Å². The number of carbonyl (C=O) groups is 1. The van der Waals surface area contributed by atoms with Crippen LogP contribution in [0.4, 0.5) is 10.1 Å². The van der Waals surface area contributed by atoms with E-state index in [9.17, 15) is 9.18 Å². The van der Waals surface area contributed by atoms with Gasteiger partial charge in [-0.3, -0.25) is 4.79 Å². The molecule has 30 heavy (non-hydrogen) atoms. The highest BCUT2D eigenvalue weighted by atomic mass is 35.5. The molecule has 0 saturated heterocycles. The minimum absolute atomic E-state index is 0.154. The van der Waals surface area contributed by atoms with E-state index in [-0.39, 0.29) is 17.5 Å². The smallest absolute Gasteiger partial charge is 0.234 e. The number of hydrogen-bond donors (Lipinski definition) is 1. The zero-order valence-electron chi connectivity index (χ0n) is 16.0. The summed E-state index contributed by atoms with van der Waals surface area (Å²) >= 11 is 7.43. The second-order valence-corrected chi connectivity index (χ2v) is 8.03. The van der Waals surface area contributed by atoms with Gasteiger partial charge in [0.2, 0.25) is 5.91 Å². The summed E-state index contributed by atoms with van der Waals surface area (Å²) in [4.78, 5) is 12.4. The SMILES string of the molecule is Cc1c(Cl)cccc1NC(=O)CSc1nnc(-c2ccc(F)cc2)c2ccccc12. The summed E-state index contributed by atoms with van der Waals surface area (Å²) in [5.74, 6) is -0.274. The Bertz CT molecular complexity index is 1230. The zero-order valence-corrected chi connectivity index (χ0v) is 17.6. The number of anilines is 1. The molecule has 0 unspecified atom stereocenters. The highest BCUT2D eigenvalue weighted by Crippen LogP contribution is 2.32. The molecule has 0 aliphatic carbocycles. The van der Waals surface area contributed by atoms with Gasteiger partial charge in [-0.15, -0.1) is 10.2 Å². The monoisotopic (exact) mass is 437 g/mol. The summed E-state index contributed by atoms with van der Waals surface area (Å²) in [6, 6.07) is 19.3. The fraction of sp³-hybridized carbons (Fsp3) is 0.0870. The second-order valence-electron chi connectivity index (χ2n) is 6.66. The third-order valence-corrected chi connectivity index (χ3v) is 6.04. The van der Waals surface area contributed by atoms with Crippen molar-refractivity contribution >= 4 is 45.7 Å². The van der Waals surface area contributed by atoms with Crippen molar-refractivity contribution in [2.24, 2.45) is 0 Å². The van der Waals surface area contributed by atoms with Crippen LogP contribution in [0.15, 0.2) is 71.8 Å². The average Bonchev–Trinajstić information content (AvgIpc) is 2.76. The molecule has 1 aromatic heterocycles. The summed E-state index contributed by atoms with van der Waals surface area (Å²) in [7, 11) is 0. The first-order valence-corrected chi connectivity index (χ1v) is 10.6. The Labute approximate surface area is 182 Å². The molecule has 4 rings (SSSR count). The predicted octanol–water partition coefficient (Wildman–Crippen LogP) is 6.13. The largest absolute Gasteiger partial charge is 0.325 e. The molecular weight excluding hydrogens is 421 g/mol. The molecule has 4 aromatic rings. The Kier molecular flexibility index (Phi) is 5.97. The normalized spacial score (nSPS) is 10.9. The molecule has 1 heterocycles. The highest BCUT2D eigenvalue weighted by molar-refractivity contribution is 8.00. The molecule has 0 saturated carbocycles. The van der Waals surface area contributed by atoms with E-state index >= 15 is 0 Å². The maximum atomic E-state index is 13.3. The van der Waals surface area contributed by atoms with Crippen LogP contribution in [0, 0.1) is 12.7 Å². The average molecular weight is 438 g/mol. The lowest BCUT2D eigenvalue weighted by Gasteiger charge is -2.11. The minimum atomic E-state index is -0.302. The van der Waals surface area contributed by atoms with Gasteiger partial charge < -0.3 is 5.32 Å². The van der Waals surface area contributed by atoms with Crippen molar-refractivity contribution in [3.8, 4) is 11.3 Å². The number of carbonyl (C=O) groups excluding carboxylic acids is 1. The number of thioether (sulfide) groups is 1. The van der Waals surface area contributed by atoms with Crippen LogP contribution >= 0.6 is 23.4 Å². The lowest BCUT2D eigenvalue weighted by Crippen LogP contribution is -2.15. The fourth-order valence-corrected chi connectivity index (χ4v) is 4.02. The van der Waals surface area contributed by atoms with E-state index in [1.807, 2.05) is 37.3 Å². The maximum absolute atomic E-state index is 13.3. The summed E-state index contributed by atoms with van der Waals surface area (Å²) in [6.07, 6.45) is 0. The van der Waals surface area contributed by atoms with Crippen LogP contribution in [0.3, 0.4) is 0 Å². The molecule has 0 aliphatic heterocycles. The van der Waals surface area contributed by atoms with E-state index in [0.29, 0.717) is 21.4 Å². The minimum Gasteiger partial charge on any atom is -0.325 e. The molecule has 0 aliphatic rings. The van der Waals surface area contributed by atoms with Crippen molar-refractivity contribution in [3.63, 3.8) is 0 Å². The van der Waals surface area contributed by atoms with Gasteiger partial charge in [0.05, 0.1) is 5.75 Å². The van der Waals surface area contributed by atoms with Gasteiger partial charge in [-0.05, 0) is 48.9 Å². The van der Waals surface area contributed by atoms with E-state index in [0.717, 1.165) is 21.9 Å². The number of amides is 1. The lowest BCUT2D eigenvalue weighted by molar-refractivity contribution is -0.113. The molecular formula is C23H17ClFN3OS. The van der Waals surface area contributed by atoms with Gasteiger partial charge >= 0.3 is 0 Å². The van der Waals surface area contributed by atoms with Gasteiger partial charge in [0, 0.05) is 27.0 Å². The van der Waals surface area contributed by atoms with Gasteiger partial charge in [0.15, 0.2) is 0 Å². The Morgan fingerprint density at radius 2 is 1.73 bits per heavy atom.